The molecule has 2 saturated heterocycles. The minimum Gasteiger partial charge on any atom is -0.434 e. The van der Waals surface area contributed by atoms with E-state index in [2.05, 4.69) is 14.7 Å². The number of alkyl halides is 2. The highest BCUT2D eigenvalue weighted by Crippen LogP contribution is 2.27. The number of amides is 2. The standard InChI is InChI=1S/C19H17F3N4O4/c20-13-3-2-11(6-15(13)29-18(21)22)14-8-23-7-12(24-14)9-26-10-16(30-19(26)28)17(27)25-4-1-5-25/h2-3,6-8,16,18H,1,4-5,9-10H2/t16-/m1/s1. The van der Waals surface area contributed by atoms with Crippen LogP contribution < -0.4 is 4.74 Å². The van der Waals surface area contributed by atoms with Gasteiger partial charge in [0.1, 0.15) is 0 Å². The molecule has 0 aliphatic carbocycles. The van der Waals surface area contributed by atoms with E-state index >= 15 is 0 Å². The number of hydrogen-bond donors (Lipinski definition) is 0. The smallest absolute Gasteiger partial charge is 0.411 e. The molecule has 2 aliphatic heterocycles. The number of halogens is 3. The fourth-order valence-electron chi connectivity index (χ4n) is 3.17. The Hall–Kier alpha value is -3.37. The molecule has 1 aromatic heterocycles. The summed E-state index contributed by atoms with van der Waals surface area (Å²) < 4.78 is 47.8. The van der Waals surface area contributed by atoms with E-state index < -0.39 is 30.4 Å². The van der Waals surface area contributed by atoms with Crippen molar-refractivity contribution in [2.24, 2.45) is 0 Å². The highest BCUT2D eigenvalue weighted by molar-refractivity contribution is 5.86. The number of carbonyl (C=O) groups excluding carboxylic acids is 2. The number of aromatic nitrogens is 2. The lowest BCUT2D eigenvalue weighted by atomic mass is 10.1. The third kappa shape index (κ3) is 4.14. The molecule has 8 nitrogen and oxygen atoms in total. The second kappa shape index (κ2) is 8.17. The SMILES string of the molecule is O=C1O[C@@H](C(=O)N2CCC2)CN1Cc1cncc(-c2ccc(F)c(OC(F)F)c2)n1. The second-order valence-corrected chi connectivity index (χ2v) is 6.85. The third-order valence-corrected chi connectivity index (χ3v) is 4.81. The zero-order valence-electron chi connectivity index (χ0n) is 15.6. The predicted octanol–water partition coefficient (Wildman–Crippen LogP) is 2.44. The lowest BCUT2D eigenvalue weighted by molar-refractivity contribution is -0.142. The average Bonchev–Trinajstić information content (AvgIpc) is 3.02. The van der Waals surface area contributed by atoms with Gasteiger partial charge in [-0.15, -0.1) is 0 Å². The maximum Gasteiger partial charge on any atom is 0.411 e. The zero-order valence-corrected chi connectivity index (χ0v) is 15.6. The third-order valence-electron chi connectivity index (χ3n) is 4.81. The zero-order chi connectivity index (χ0) is 21.3. The van der Waals surface area contributed by atoms with Crippen molar-refractivity contribution in [3.8, 4) is 17.0 Å². The van der Waals surface area contributed by atoms with Gasteiger partial charge in [0.25, 0.3) is 5.91 Å². The van der Waals surface area contributed by atoms with Gasteiger partial charge in [0.2, 0.25) is 0 Å². The Morgan fingerprint density at radius 1 is 1.30 bits per heavy atom. The summed E-state index contributed by atoms with van der Waals surface area (Å²) >= 11 is 0. The van der Waals surface area contributed by atoms with E-state index in [0.717, 1.165) is 18.6 Å². The van der Waals surface area contributed by atoms with Gasteiger partial charge in [0.15, 0.2) is 17.7 Å². The van der Waals surface area contributed by atoms with Gasteiger partial charge in [-0.25, -0.2) is 14.2 Å². The Bertz CT molecular complexity index is 971. The number of rotatable bonds is 6. The second-order valence-electron chi connectivity index (χ2n) is 6.85. The van der Waals surface area contributed by atoms with E-state index in [9.17, 15) is 22.8 Å². The number of benzene rings is 1. The maximum absolute atomic E-state index is 13.6. The first-order valence-electron chi connectivity index (χ1n) is 9.20. The molecule has 158 valence electrons. The van der Waals surface area contributed by atoms with E-state index in [1.165, 1.54) is 23.4 Å². The number of cyclic esters (lactones) is 1. The van der Waals surface area contributed by atoms with E-state index in [1.54, 1.807) is 4.90 Å². The Morgan fingerprint density at radius 3 is 2.80 bits per heavy atom. The van der Waals surface area contributed by atoms with Crippen molar-refractivity contribution in [2.45, 2.75) is 25.7 Å². The molecular weight excluding hydrogens is 405 g/mol. The fourth-order valence-corrected chi connectivity index (χ4v) is 3.17. The predicted molar refractivity (Wildman–Crippen MR) is 95.9 cm³/mol. The number of hydrogen-bond acceptors (Lipinski definition) is 6. The van der Waals surface area contributed by atoms with Crippen LogP contribution in [0.5, 0.6) is 5.75 Å². The van der Waals surface area contributed by atoms with Crippen molar-refractivity contribution in [3.63, 3.8) is 0 Å². The van der Waals surface area contributed by atoms with Crippen LogP contribution >= 0.6 is 0 Å². The van der Waals surface area contributed by atoms with Crippen LogP contribution in [0.15, 0.2) is 30.6 Å². The molecule has 1 atom stereocenters. The molecule has 2 aromatic rings. The van der Waals surface area contributed by atoms with Gasteiger partial charge >= 0.3 is 12.7 Å². The van der Waals surface area contributed by atoms with Gasteiger partial charge in [0.05, 0.1) is 36.9 Å². The van der Waals surface area contributed by atoms with Crippen LogP contribution in [0.3, 0.4) is 0 Å². The Balaban J connectivity index is 1.47. The van der Waals surface area contributed by atoms with Crippen LogP contribution in [-0.2, 0) is 16.1 Å². The van der Waals surface area contributed by atoms with Crippen LogP contribution in [0, 0.1) is 5.82 Å². The summed E-state index contributed by atoms with van der Waals surface area (Å²) in [5, 5.41) is 0. The summed E-state index contributed by atoms with van der Waals surface area (Å²) in [4.78, 5) is 35.7. The fraction of sp³-hybridized carbons (Fsp3) is 0.368. The molecule has 3 heterocycles. The lowest BCUT2D eigenvalue weighted by Gasteiger charge is -2.32. The molecule has 11 heteroatoms. The normalized spacial score (nSPS) is 18.4. The van der Waals surface area contributed by atoms with Crippen LogP contribution in [0.25, 0.3) is 11.3 Å². The molecule has 30 heavy (non-hydrogen) atoms. The first-order valence-corrected chi connectivity index (χ1v) is 9.20. The van der Waals surface area contributed by atoms with E-state index in [0.29, 0.717) is 24.3 Å². The number of nitrogens with zero attached hydrogens (tertiary/aromatic N) is 4. The molecule has 2 aliphatic rings. The molecule has 0 radical (unpaired) electrons. The average molecular weight is 422 g/mol. The van der Waals surface area contributed by atoms with Crippen molar-refractivity contribution in [1.82, 2.24) is 19.8 Å². The van der Waals surface area contributed by atoms with Crippen molar-refractivity contribution in [3.05, 3.63) is 42.1 Å². The topological polar surface area (TPSA) is 84.9 Å². The Labute approximate surface area is 169 Å². The molecule has 1 aromatic carbocycles. The first-order chi connectivity index (χ1) is 14.4. The van der Waals surface area contributed by atoms with Crippen molar-refractivity contribution >= 4 is 12.0 Å². The van der Waals surface area contributed by atoms with Crippen LogP contribution in [0.1, 0.15) is 12.1 Å². The van der Waals surface area contributed by atoms with E-state index in [-0.39, 0.29) is 24.7 Å². The van der Waals surface area contributed by atoms with Crippen molar-refractivity contribution in [2.75, 3.05) is 19.6 Å². The summed E-state index contributed by atoms with van der Waals surface area (Å²) in [5.41, 5.74) is 0.991. The molecule has 0 saturated carbocycles. The van der Waals surface area contributed by atoms with Crippen LogP contribution in [-0.4, -0.2) is 64.1 Å². The quantitative estimate of drug-likeness (QED) is 0.711. The number of carbonyl (C=O) groups is 2. The summed E-state index contributed by atoms with van der Waals surface area (Å²) in [6.07, 6.45) is 2.27. The largest absolute Gasteiger partial charge is 0.434 e. The van der Waals surface area contributed by atoms with Gasteiger partial charge in [-0.05, 0) is 24.6 Å². The molecular formula is C19H17F3N4O4. The van der Waals surface area contributed by atoms with Crippen molar-refractivity contribution in [1.29, 1.82) is 0 Å². The van der Waals surface area contributed by atoms with E-state index in [1.807, 2.05) is 0 Å². The van der Waals surface area contributed by atoms with Crippen LogP contribution in [0.2, 0.25) is 0 Å². The highest BCUT2D eigenvalue weighted by Gasteiger charge is 2.39. The minimum absolute atomic E-state index is 0.0467. The maximum atomic E-state index is 13.6. The minimum atomic E-state index is -3.17. The van der Waals surface area contributed by atoms with Gasteiger partial charge < -0.3 is 14.4 Å². The Kier molecular flexibility index (Phi) is 5.42. The Morgan fingerprint density at radius 2 is 2.10 bits per heavy atom. The van der Waals surface area contributed by atoms with Gasteiger partial charge in [-0.3, -0.25) is 14.7 Å². The van der Waals surface area contributed by atoms with Crippen LogP contribution in [0.4, 0.5) is 18.0 Å². The first kappa shape index (κ1) is 19.9. The molecule has 0 unspecified atom stereocenters. The number of ether oxygens (including phenoxy) is 2. The number of likely N-dealkylation sites (tertiary alicyclic amines) is 1. The van der Waals surface area contributed by atoms with Gasteiger partial charge in [-0.2, -0.15) is 8.78 Å². The molecule has 2 amide bonds. The summed E-state index contributed by atoms with van der Waals surface area (Å²) in [6, 6.07) is 3.44. The summed E-state index contributed by atoms with van der Waals surface area (Å²) in [6.45, 7) is -1.70. The lowest BCUT2D eigenvalue weighted by Crippen LogP contribution is -2.48. The molecule has 0 bridgehead atoms. The van der Waals surface area contributed by atoms with Crippen molar-refractivity contribution < 1.29 is 32.2 Å². The van der Waals surface area contributed by atoms with Gasteiger partial charge in [-0.1, -0.05) is 0 Å². The summed E-state index contributed by atoms with van der Waals surface area (Å²) in [5.74, 6) is -1.75. The van der Waals surface area contributed by atoms with Gasteiger partial charge in [0, 0.05) is 18.7 Å². The molecule has 4 rings (SSSR count). The molecule has 2 fully saturated rings. The summed E-state index contributed by atoms with van der Waals surface area (Å²) in [7, 11) is 0. The highest BCUT2D eigenvalue weighted by atomic mass is 19.3. The molecule has 0 N–H and O–H groups in total. The monoisotopic (exact) mass is 422 g/mol. The van der Waals surface area contributed by atoms with E-state index in [4.69, 9.17) is 4.74 Å². The molecule has 0 spiro atoms.